The van der Waals surface area contributed by atoms with Crippen molar-refractivity contribution in [2.45, 2.75) is 19.4 Å². The Morgan fingerprint density at radius 1 is 1.43 bits per heavy atom. The number of aliphatic hydroxyl groups is 1. The fourth-order valence-electron chi connectivity index (χ4n) is 2.88. The highest BCUT2D eigenvalue weighted by Gasteiger charge is 2.25. The van der Waals surface area contributed by atoms with Gasteiger partial charge in [-0.1, -0.05) is 0 Å². The minimum atomic E-state index is -0.327. The molecule has 0 radical (unpaired) electrons. The van der Waals surface area contributed by atoms with Crippen LogP contribution in [0.4, 0.5) is 4.39 Å². The van der Waals surface area contributed by atoms with Gasteiger partial charge in [-0.25, -0.2) is 9.37 Å². The second-order valence-electron chi connectivity index (χ2n) is 5.78. The van der Waals surface area contributed by atoms with Crippen LogP contribution in [0.5, 0.6) is 0 Å². The lowest BCUT2D eigenvalue weighted by atomic mass is 9.96. The van der Waals surface area contributed by atoms with Crippen LogP contribution in [0.25, 0.3) is 11.1 Å². The summed E-state index contributed by atoms with van der Waals surface area (Å²) in [5.74, 6) is 0.243. The first-order valence-electron chi connectivity index (χ1n) is 7.81. The Hall–Kier alpha value is -1.99. The van der Waals surface area contributed by atoms with Crippen molar-refractivity contribution in [3.05, 3.63) is 29.9 Å². The molecule has 1 fully saturated rings. The summed E-state index contributed by atoms with van der Waals surface area (Å²) in [5, 5.41) is 11.4. The topological polar surface area (TPSA) is 78.6 Å². The van der Waals surface area contributed by atoms with Gasteiger partial charge in [0.15, 0.2) is 5.58 Å². The van der Waals surface area contributed by atoms with E-state index in [0.29, 0.717) is 30.1 Å². The maximum absolute atomic E-state index is 13.2. The Morgan fingerprint density at radius 2 is 2.22 bits per heavy atom. The smallest absolute Gasteiger partial charge is 0.223 e. The van der Waals surface area contributed by atoms with Gasteiger partial charge >= 0.3 is 0 Å². The number of hydrogen-bond acceptors (Lipinski definition) is 5. The van der Waals surface area contributed by atoms with Crippen molar-refractivity contribution in [2.24, 2.45) is 5.92 Å². The standard InChI is InChI=1S/C16H20FN3O3/c17-12-1-2-14-13(9-12)19-15(23-14)10-20-6-3-11(4-7-20)16(22)18-5-8-21/h1-2,9,11,21H,3-8,10H2,(H,18,22). The molecule has 0 aliphatic carbocycles. The van der Waals surface area contributed by atoms with Crippen molar-refractivity contribution in [1.82, 2.24) is 15.2 Å². The molecule has 6 nitrogen and oxygen atoms in total. The molecule has 0 bridgehead atoms. The maximum Gasteiger partial charge on any atom is 0.223 e. The summed E-state index contributed by atoms with van der Waals surface area (Å²) in [4.78, 5) is 18.3. The van der Waals surface area contributed by atoms with Crippen LogP contribution in [0.2, 0.25) is 0 Å². The van der Waals surface area contributed by atoms with Crippen molar-refractivity contribution in [3.8, 4) is 0 Å². The van der Waals surface area contributed by atoms with E-state index in [1.54, 1.807) is 6.07 Å². The summed E-state index contributed by atoms with van der Waals surface area (Å²) >= 11 is 0. The van der Waals surface area contributed by atoms with E-state index in [0.717, 1.165) is 25.9 Å². The average molecular weight is 321 g/mol. The van der Waals surface area contributed by atoms with E-state index in [4.69, 9.17) is 9.52 Å². The SMILES string of the molecule is O=C(NCCO)C1CCN(Cc2nc3cc(F)ccc3o2)CC1. The lowest BCUT2D eigenvalue weighted by Gasteiger charge is -2.30. The third-order valence-electron chi connectivity index (χ3n) is 4.12. The Balaban J connectivity index is 1.54. The number of halogens is 1. The molecule has 0 saturated carbocycles. The quantitative estimate of drug-likeness (QED) is 0.867. The number of carbonyl (C=O) groups is 1. The van der Waals surface area contributed by atoms with Gasteiger partial charge in [-0.15, -0.1) is 0 Å². The molecule has 7 heteroatoms. The Bertz CT molecular complexity index is 680. The summed E-state index contributed by atoms with van der Waals surface area (Å²) in [5.41, 5.74) is 1.11. The molecule has 2 N–H and O–H groups in total. The van der Waals surface area contributed by atoms with Gasteiger partial charge in [0, 0.05) is 18.5 Å². The van der Waals surface area contributed by atoms with Crippen LogP contribution in [0.3, 0.4) is 0 Å². The third kappa shape index (κ3) is 3.86. The summed E-state index contributed by atoms with van der Waals surface area (Å²) in [6, 6.07) is 4.30. The van der Waals surface area contributed by atoms with Gasteiger partial charge in [-0.2, -0.15) is 0 Å². The number of piperidine rings is 1. The van der Waals surface area contributed by atoms with Crippen molar-refractivity contribution in [3.63, 3.8) is 0 Å². The molecule has 124 valence electrons. The molecular formula is C16H20FN3O3. The highest BCUT2D eigenvalue weighted by molar-refractivity contribution is 5.78. The molecule has 2 heterocycles. The number of oxazole rings is 1. The van der Waals surface area contributed by atoms with Gasteiger partial charge in [-0.3, -0.25) is 9.69 Å². The molecule has 0 atom stereocenters. The normalized spacial score (nSPS) is 16.8. The lowest BCUT2D eigenvalue weighted by molar-refractivity contribution is -0.126. The number of fused-ring (bicyclic) bond motifs is 1. The number of benzene rings is 1. The summed E-state index contributed by atoms with van der Waals surface area (Å²) in [6.07, 6.45) is 1.54. The Morgan fingerprint density at radius 3 is 2.96 bits per heavy atom. The van der Waals surface area contributed by atoms with Crippen molar-refractivity contribution in [1.29, 1.82) is 0 Å². The number of rotatable bonds is 5. The van der Waals surface area contributed by atoms with Crippen LogP contribution >= 0.6 is 0 Å². The van der Waals surface area contributed by atoms with Crippen LogP contribution in [-0.4, -0.2) is 47.1 Å². The molecule has 2 aromatic rings. The van der Waals surface area contributed by atoms with Crippen molar-refractivity contribution < 1.29 is 18.7 Å². The predicted molar refractivity (Wildman–Crippen MR) is 82.1 cm³/mol. The second kappa shape index (κ2) is 7.06. The van der Waals surface area contributed by atoms with E-state index < -0.39 is 0 Å². The monoisotopic (exact) mass is 321 g/mol. The van der Waals surface area contributed by atoms with Gasteiger partial charge < -0.3 is 14.8 Å². The maximum atomic E-state index is 13.2. The molecular weight excluding hydrogens is 301 g/mol. The zero-order valence-corrected chi connectivity index (χ0v) is 12.8. The largest absolute Gasteiger partial charge is 0.439 e. The second-order valence-corrected chi connectivity index (χ2v) is 5.78. The Kier molecular flexibility index (Phi) is 4.88. The molecule has 0 unspecified atom stereocenters. The van der Waals surface area contributed by atoms with Crippen LogP contribution in [-0.2, 0) is 11.3 Å². The van der Waals surface area contributed by atoms with Gasteiger partial charge in [-0.05, 0) is 38.1 Å². The molecule has 1 aliphatic heterocycles. The highest BCUT2D eigenvalue weighted by Crippen LogP contribution is 2.21. The minimum absolute atomic E-state index is 0.00414. The zero-order chi connectivity index (χ0) is 16.2. The van der Waals surface area contributed by atoms with Crippen LogP contribution in [0, 0.1) is 11.7 Å². The molecule has 23 heavy (non-hydrogen) atoms. The van der Waals surface area contributed by atoms with Crippen LogP contribution in [0.1, 0.15) is 18.7 Å². The fraction of sp³-hybridized carbons (Fsp3) is 0.500. The molecule has 1 aromatic heterocycles. The number of nitrogens with one attached hydrogen (secondary N) is 1. The van der Waals surface area contributed by atoms with Gasteiger partial charge in [0.1, 0.15) is 11.3 Å². The molecule has 0 spiro atoms. The van der Waals surface area contributed by atoms with E-state index in [-0.39, 0.29) is 24.2 Å². The molecule has 1 saturated heterocycles. The molecule has 1 aliphatic rings. The van der Waals surface area contributed by atoms with Gasteiger partial charge in [0.05, 0.1) is 13.2 Å². The molecule has 1 amide bonds. The number of hydrogen-bond donors (Lipinski definition) is 2. The van der Waals surface area contributed by atoms with Gasteiger partial charge in [0.25, 0.3) is 0 Å². The van der Waals surface area contributed by atoms with Crippen LogP contribution < -0.4 is 5.32 Å². The predicted octanol–water partition coefficient (Wildman–Crippen LogP) is 1.29. The summed E-state index contributed by atoms with van der Waals surface area (Å²) in [7, 11) is 0. The number of nitrogens with zero attached hydrogens (tertiary/aromatic N) is 2. The first-order valence-corrected chi connectivity index (χ1v) is 7.81. The van der Waals surface area contributed by atoms with E-state index >= 15 is 0 Å². The lowest BCUT2D eigenvalue weighted by Crippen LogP contribution is -2.40. The summed E-state index contributed by atoms with van der Waals surface area (Å²) in [6.45, 7) is 2.39. The number of likely N-dealkylation sites (tertiary alicyclic amines) is 1. The number of aliphatic hydroxyl groups excluding tert-OH is 1. The zero-order valence-electron chi connectivity index (χ0n) is 12.8. The van der Waals surface area contributed by atoms with Gasteiger partial charge in [0.2, 0.25) is 11.8 Å². The first-order chi connectivity index (χ1) is 11.2. The third-order valence-corrected chi connectivity index (χ3v) is 4.12. The minimum Gasteiger partial charge on any atom is -0.439 e. The van der Waals surface area contributed by atoms with E-state index in [1.807, 2.05) is 0 Å². The van der Waals surface area contributed by atoms with Crippen molar-refractivity contribution in [2.75, 3.05) is 26.2 Å². The van der Waals surface area contributed by atoms with E-state index in [2.05, 4.69) is 15.2 Å². The molecule has 3 rings (SSSR count). The van der Waals surface area contributed by atoms with E-state index in [9.17, 15) is 9.18 Å². The number of carbonyl (C=O) groups excluding carboxylic acids is 1. The Labute approximate surface area is 133 Å². The molecule has 1 aromatic carbocycles. The number of aromatic nitrogens is 1. The van der Waals surface area contributed by atoms with Crippen molar-refractivity contribution >= 4 is 17.0 Å². The fourth-order valence-corrected chi connectivity index (χ4v) is 2.88. The summed E-state index contributed by atoms with van der Waals surface area (Å²) < 4.78 is 18.8. The highest BCUT2D eigenvalue weighted by atomic mass is 19.1. The van der Waals surface area contributed by atoms with Crippen LogP contribution in [0.15, 0.2) is 22.6 Å². The van der Waals surface area contributed by atoms with E-state index in [1.165, 1.54) is 12.1 Å². The average Bonchev–Trinajstić information content (AvgIpc) is 2.94. The first kappa shape index (κ1) is 15.9. The number of amides is 1.